The van der Waals surface area contributed by atoms with Gasteiger partial charge in [-0.15, -0.1) is 0 Å². The van der Waals surface area contributed by atoms with Gasteiger partial charge in [-0.2, -0.15) is 0 Å². The van der Waals surface area contributed by atoms with Crippen molar-refractivity contribution in [3.05, 3.63) is 29.8 Å². The second kappa shape index (κ2) is 3.60. The maximum atomic E-state index is 11.7. The van der Waals surface area contributed by atoms with Crippen LogP contribution in [-0.2, 0) is 16.0 Å². The lowest BCUT2D eigenvalue weighted by Gasteiger charge is -2.20. The standard InChI is InChI=1S/C13H13N3O2/c1-7(17)16-11(12(14)18)6-9-8-4-2-3-5-10(8)15-13(9)16/h2-5,11,15H,6H2,1H3,(H2,14,18)/t11-/m0/s1. The molecule has 2 aromatic rings. The van der Waals surface area contributed by atoms with Crippen LogP contribution in [0.5, 0.6) is 0 Å². The molecule has 0 unspecified atom stereocenters. The number of H-pyrrole nitrogens is 1. The summed E-state index contributed by atoms with van der Waals surface area (Å²) in [6.07, 6.45) is 0.480. The van der Waals surface area contributed by atoms with Crippen molar-refractivity contribution in [3.63, 3.8) is 0 Å². The number of hydrogen-bond donors (Lipinski definition) is 2. The lowest BCUT2D eigenvalue weighted by Crippen LogP contribution is -2.45. The van der Waals surface area contributed by atoms with E-state index >= 15 is 0 Å². The number of nitrogens with one attached hydrogen (secondary N) is 1. The van der Waals surface area contributed by atoms with Crippen LogP contribution in [0.1, 0.15) is 12.5 Å². The number of amides is 2. The summed E-state index contributed by atoms with van der Waals surface area (Å²) in [5.41, 5.74) is 7.32. The molecule has 1 aromatic heterocycles. The number of carbonyl (C=O) groups excluding carboxylic acids is 2. The average Bonchev–Trinajstić information content (AvgIpc) is 2.83. The van der Waals surface area contributed by atoms with Gasteiger partial charge in [-0.05, 0) is 6.07 Å². The highest BCUT2D eigenvalue weighted by Gasteiger charge is 2.38. The number of fused-ring (bicyclic) bond motifs is 3. The van der Waals surface area contributed by atoms with Crippen LogP contribution < -0.4 is 10.6 Å². The summed E-state index contributed by atoms with van der Waals surface area (Å²) in [5.74, 6) is 0.0514. The highest BCUT2D eigenvalue weighted by Crippen LogP contribution is 2.37. The summed E-state index contributed by atoms with van der Waals surface area (Å²) in [4.78, 5) is 27.8. The molecule has 0 aliphatic carbocycles. The number of nitrogens with zero attached hydrogens (tertiary/aromatic N) is 1. The van der Waals surface area contributed by atoms with Gasteiger partial charge < -0.3 is 10.7 Å². The molecule has 0 saturated heterocycles. The number of primary amides is 1. The van der Waals surface area contributed by atoms with Gasteiger partial charge in [-0.1, -0.05) is 18.2 Å². The van der Waals surface area contributed by atoms with Crippen molar-refractivity contribution in [1.29, 1.82) is 0 Å². The van der Waals surface area contributed by atoms with Gasteiger partial charge in [0.05, 0.1) is 0 Å². The minimum absolute atomic E-state index is 0.177. The summed E-state index contributed by atoms with van der Waals surface area (Å²) in [7, 11) is 0. The Kier molecular flexibility index (Phi) is 2.16. The quantitative estimate of drug-likeness (QED) is 0.781. The van der Waals surface area contributed by atoms with Gasteiger partial charge in [0.1, 0.15) is 11.9 Å². The van der Waals surface area contributed by atoms with E-state index in [0.717, 1.165) is 16.5 Å². The second-order valence-corrected chi connectivity index (χ2v) is 4.51. The van der Waals surface area contributed by atoms with E-state index in [2.05, 4.69) is 4.98 Å². The number of aromatic amines is 1. The Morgan fingerprint density at radius 2 is 2.11 bits per heavy atom. The maximum Gasteiger partial charge on any atom is 0.241 e. The number of anilines is 1. The molecule has 1 aromatic carbocycles. The van der Waals surface area contributed by atoms with E-state index < -0.39 is 11.9 Å². The summed E-state index contributed by atoms with van der Waals surface area (Å²) >= 11 is 0. The van der Waals surface area contributed by atoms with Crippen molar-refractivity contribution in [1.82, 2.24) is 4.98 Å². The molecule has 0 bridgehead atoms. The number of para-hydroxylation sites is 1. The zero-order valence-electron chi connectivity index (χ0n) is 9.93. The van der Waals surface area contributed by atoms with Crippen molar-refractivity contribution < 1.29 is 9.59 Å². The number of aromatic nitrogens is 1. The van der Waals surface area contributed by atoms with Crippen molar-refractivity contribution in [3.8, 4) is 0 Å². The molecular weight excluding hydrogens is 230 g/mol. The number of carbonyl (C=O) groups is 2. The predicted octanol–water partition coefficient (Wildman–Crippen LogP) is 0.931. The van der Waals surface area contributed by atoms with E-state index in [1.807, 2.05) is 24.3 Å². The van der Waals surface area contributed by atoms with Crippen LogP contribution in [0.3, 0.4) is 0 Å². The molecule has 5 nitrogen and oxygen atoms in total. The molecule has 5 heteroatoms. The van der Waals surface area contributed by atoms with Gasteiger partial charge in [-0.25, -0.2) is 0 Å². The fraction of sp³-hybridized carbons (Fsp3) is 0.231. The summed E-state index contributed by atoms with van der Waals surface area (Å²) in [6.45, 7) is 1.44. The Morgan fingerprint density at radius 1 is 1.39 bits per heavy atom. The Morgan fingerprint density at radius 3 is 2.78 bits per heavy atom. The summed E-state index contributed by atoms with van der Waals surface area (Å²) in [6, 6.07) is 7.22. The van der Waals surface area contributed by atoms with E-state index in [9.17, 15) is 9.59 Å². The van der Waals surface area contributed by atoms with Crippen molar-refractivity contribution in [2.45, 2.75) is 19.4 Å². The fourth-order valence-corrected chi connectivity index (χ4v) is 2.64. The molecule has 18 heavy (non-hydrogen) atoms. The van der Waals surface area contributed by atoms with Crippen molar-refractivity contribution >= 4 is 28.5 Å². The van der Waals surface area contributed by atoms with Gasteiger partial charge in [0.2, 0.25) is 11.8 Å². The second-order valence-electron chi connectivity index (χ2n) is 4.51. The smallest absolute Gasteiger partial charge is 0.241 e. The number of nitrogens with two attached hydrogens (primary N) is 1. The van der Waals surface area contributed by atoms with Crippen molar-refractivity contribution in [2.24, 2.45) is 5.73 Å². The van der Waals surface area contributed by atoms with Gasteiger partial charge >= 0.3 is 0 Å². The van der Waals surface area contributed by atoms with E-state index in [1.165, 1.54) is 11.8 Å². The van der Waals surface area contributed by atoms with Crippen LogP contribution in [0, 0.1) is 0 Å². The first-order valence-corrected chi connectivity index (χ1v) is 5.78. The van der Waals surface area contributed by atoms with Crippen LogP contribution in [0.25, 0.3) is 10.9 Å². The first-order chi connectivity index (χ1) is 8.59. The minimum atomic E-state index is -0.576. The van der Waals surface area contributed by atoms with Crippen LogP contribution in [0.2, 0.25) is 0 Å². The Bertz CT molecular complexity index is 659. The molecule has 0 radical (unpaired) electrons. The number of rotatable bonds is 1. The Hall–Kier alpha value is -2.30. The average molecular weight is 243 g/mol. The monoisotopic (exact) mass is 243 g/mol. The third-order valence-electron chi connectivity index (χ3n) is 3.41. The molecule has 0 saturated carbocycles. The van der Waals surface area contributed by atoms with Crippen LogP contribution in [0.15, 0.2) is 24.3 Å². The van der Waals surface area contributed by atoms with Gasteiger partial charge in [0.15, 0.2) is 0 Å². The van der Waals surface area contributed by atoms with E-state index in [0.29, 0.717) is 12.2 Å². The van der Waals surface area contributed by atoms with E-state index in [4.69, 9.17) is 5.73 Å². The minimum Gasteiger partial charge on any atom is -0.368 e. The topological polar surface area (TPSA) is 79.2 Å². The lowest BCUT2D eigenvalue weighted by atomic mass is 10.1. The SMILES string of the molecule is CC(=O)N1c2[nH]c3ccccc3c2C[C@H]1C(N)=O. The third kappa shape index (κ3) is 1.33. The molecule has 3 rings (SSSR count). The molecule has 2 heterocycles. The molecule has 0 fully saturated rings. The zero-order chi connectivity index (χ0) is 12.9. The fourth-order valence-electron chi connectivity index (χ4n) is 2.64. The summed E-state index contributed by atoms with van der Waals surface area (Å²) < 4.78 is 0. The highest BCUT2D eigenvalue weighted by molar-refractivity contribution is 6.05. The van der Waals surface area contributed by atoms with Crippen LogP contribution in [0.4, 0.5) is 5.82 Å². The molecule has 2 amide bonds. The van der Waals surface area contributed by atoms with Gasteiger partial charge in [-0.3, -0.25) is 14.5 Å². The molecule has 1 aliphatic heterocycles. The Balaban J connectivity index is 2.21. The van der Waals surface area contributed by atoms with Crippen LogP contribution in [-0.4, -0.2) is 22.8 Å². The Labute approximate surface area is 104 Å². The third-order valence-corrected chi connectivity index (χ3v) is 3.41. The molecular formula is C13H13N3O2. The van der Waals surface area contributed by atoms with E-state index in [-0.39, 0.29) is 5.91 Å². The molecule has 1 atom stereocenters. The molecule has 1 aliphatic rings. The highest BCUT2D eigenvalue weighted by atomic mass is 16.2. The first kappa shape index (κ1) is 10.8. The van der Waals surface area contributed by atoms with Gasteiger partial charge in [0, 0.05) is 29.8 Å². The molecule has 0 spiro atoms. The maximum absolute atomic E-state index is 11.7. The summed E-state index contributed by atoms with van der Waals surface area (Å²) in [5, 5.41) is 1.04. The van der Waals surface area contributed by atoms with E-state index in [1.54, 1.807) is 0 Å². The van der Waals surface area contributed by atoms with Crippen molar-refractivity contribution in [2.75, 3.05) is 4.90 Å². The largest absolute Gasteiger partial charge is 0.368 e. The molecule has 92 valence electrons. The zero-order valence-corrected chi connectivity index (χ0v) is 9.93. The molecule has 3 N–H and O–H groups in total. The number of benzene rings is 1. The first-order valence-electron chi connectivity index (χ1n) is 5.78. The normalized spacial score (nSPS) is 18.1. The van der Waals surface area contributed by atoms with Gasteiger partial charge in [0.25, 0.3) is 0 Å². The van der Waals surface area contributed by atoms with Crippen LogP contribution >= 0.6 is 0 Å². The lowest BCUT2D eigenvalue weighted by molar-refractivity contribution is -0.123. The number of hydrogen-bond acceptors (Lipinski definition) is 2. The predicted molar refractivity (Wildman–Crippen MR) is 68.1 cm³/mol.